The summed E-state index contributed by atoms with van der Waals surface area (Å²) in [4.78, 5) is 0. The average molecular weight is 157 g/mol. The average Bonchev–Trinajstić information content (AvgIpc) is 1.95. The number of nitrogens with one attached hydrogen (secondary N) is 1. The summed E-state index contributed by atoms with van der Waals surface area (Å²) in [7, 11) is 0. The molecule has 1 N–H and O–H groups in total. The topological polar surface area (TPSA) is 12.0 Å². The lowest BCUT2D eigenvalue weighted by atomic mass is 9.82. The van der Waals surface area contributed by atoms with Crippen molar-refractivity contribution in [3.63, 3.8) is 0 Å². The van der Waals surface area contributed by atoms with Gasteiger partial charge in [0.2, 0.25) is 0 Å². The van der Waals surface area contributed by atoms with Gasteiger partial charge in [0, 0.05) is 6.54 Å². The van der Waals surface area contributed by atoms with Gasteiger partial charge in [-0.25, -0.2) is 4.39 Å². The lowest BCUT2D eigenvalue weighted by Gasteiger charge is -2.33. The third-order valence-corrected chi connectivity index (χ3v) is 2.22. The molecule has 0 heterocycles. The Balaban J connectivity index is 1.97. The van der Waals surface area contributed by atoms with E-state index in [1.165, 1.54) is 0 Å². The number of halogens is 1. The zero-order chi connectivity index (χ0) is 8.16. The smallest absolute Gasteiger partial charge is 0.123 e. The minimum Gasteiger partial charge on any atom is -0.313 e. The molecule has 0 aliphatic heterocycles. The molecule has 0 atom stereocenters. The van der Waals surface area contributed by atoms with Crippen LogP contribution in [-0.2, 0) is 0 Å². The normalized spacial score (nSPS) is 20.8. The summed E-state index contributed by atoms with van der Waals surface area (Å²) in [5.41, 5.74) is -0.874. The third kappa shape index (κ3) is 2.62. The molecule has 1 nitrogen and oxygen atoms in total. The van der Waals surface area contributed by atoms with Gasteiger partial charge < -0.3 is 5.32 Å². The Morgan fingerprint density at radius 1 is 1.55 bits per heavy atom. The molecule has 0 unspecified atom stereocenters. The fourth-order valence-corrected chi connectivity index (χ4v) is 1.25. The molecular formula is C9H16FN. The van der Waals surface area contributed by atoms with E-state index in [4.69, 9.17) is 0 Å². The molecule has 0 amide bonds. The van der Waals surface area contributed by atoms with E-state index < -0.39 is 5.67 Å². The highest BCUT2D eigenvalue weighted by molar-refractivity contribution is 4.90. The molecule has 0 bridgehead atoms. The van der Waals surface area contributed by atoms with E-state index in [9.17, 15) is 4.39 Å². The monoisotopic (exact) mass is 157 g/mol. The first-order chi connectivity index (χ1) is 5.27. The summed E-state index contributed by atoms with van der Waals surface area (Å²) >= 11 is 0. The van der Waals surface area contributed by atoms with Gasteiger partial charge in [0.25, 0.3) is 0 Å². The number of rotatable bonds is 5. The van der Waals surface area contributed by atoms with Crippen LogP contribution in [0.15, 0.2) is 12.7 Å². The lowest BCUT2D eigenvalue weighted by molar-refractivity contribution is 0.0637. The quantitative estimate of drug-likeness (QED) is 0.475. The van der Waals surface area contributed by atoms with Crippen molar-refractivity contribution in [2.75, 3.05) is 13.1 Å². The van der Waals surface area contributed by atoms with E-state index in [1.54, 1.807) is 0 Å². The zero-order valence-electron chi connectivity index (χ0n) is 6.91. The highest BCUT2D eigenvalue weighted by atomic mass is 19.1. The standard InChI is InChI=1S/C9H16FN/c1-2-3-7-11-8-9(10)5-4-6-9/h2,11H,1,3-8H2. The summed E-state index contributed by atoms with van der Waals surface area (Å²) in [5.74, 6) is 0. The van der Waals surface area contributed by atoms with Gasteiger partial charge >= 0.3 is 0 Å². The first-order valence-corrected chi connectivity index (χ1v) is 4.27. The molecule has 1 saturated carbocycles. The van der Waals surface area contributed by atoms with Crippen LogP contribution >= 0.6 is 0 Å². The third-order valence-electron chi connectivity index (χ3n) is 2.22. The Bertz CT molecular complexity index is 130. The molecule has 1 aliphatic carbocycles. The van der Waals surface area contributed by atoms with Crippen LogP contribution in [0.1, 0.15) is 25.7 Å². The van der Waals surface area contributed by atoms with Gasteiger partial charge in [0.15, 0.2) is 0 Å². The van der Waals surface area contributed by atoms with E-state index in [0.29, 0.717) is 6.54 Å². The minimum absolute atomic E-state index is 0.529. The SMILES string of the molecule is C=CCCNCC1(F)CCC1. The Kier molecular flexibility index (Phi) is 3.06. The highest BCUT2D eigenvalue weighted by Gasteiger charge is 2.36. The van der Waals surface area contributed by atoms with Crippen LogP contribution in [0.5, 0.6) is 0 Å². The van der Waals surface area contributed by atoms with Crippen LogP contribution in [0.2, 0.25) is 0 Å². The van der Waals surface area contributed by atoms with Crippen molar-refractivity contribution >= 4 is 0 Å². The second-order valence-corrected chi connectivity index (χ2v) is 3.26. The molecule has 64 valence electrons. The van der Waals surface area contributed by atoms with Crippen LogP contribution in [0.3, 0.4) is 0 Å². The summed E-state index contributed by atoms with van der Waals surface area (Å²) in [6.45, 7) is 4.98. The van der Waals surface area contributed by atoms with Crippen molar-refractivity contribution in [1.29, 1.82) is 0 Å². The Morgan fingerprint density at radius 2 is 2.27 bits per heavy atom. The van der Waals surface area contributed by atoms with Gasteiger partial charge in [0.1, 0.15) is 5.67 Å². The van der Waals surface area contributed by atoms with E-state index >= 15 is 0 Å². The summed E-state index contributed by atoms with van der Waals surface area (Å²) in [5, 5.41) is 3.08. The molecule has 0 aromatic heterocycles. The van der Waals surface area contributed by atoms with Gasteiger partial charge in [-0.3, -0.25) is 0 Å². The predicted molar refractivity (Wildman–Crippen MR) is 45.4 cm³/mol. The summed E-state index contributed by atoms with van der Waals surface area (Å²) in [6.07, 6.45) is 5.32. The van der Waals surface area contributed by atoms with Crippen molar-refractivity contribution in [3.8, 4) is 0 Å². The molecule has 1 rings (SSSR count). The number of alkyl halides is 1. The largest absolute Gasteiger partial charge is 0.313 e. The number of hydrogen-bond acceptors (Lipinski definition) is 1. The summed E-state index contributed by atoms with van der Waals surface area (Å²) in [6, 6.07) is 0. The van der Waals surface area contributed by atoms with Gasteiger partial charge in [-0.15, -0.1) is 6.58 Å². The minimum atomic E-state index is -0.874. The van der Waals surface area contributed by atoms with Crippen molar-refractivity contribution < 1.29 is 4.39 Å². The van der Waals surface area contributed by atoms with Gasteiger partial charge in [-0.05, 0) is 32.2 Å². The maximum Gasteiger partial charge on any atom is 0.123 e. The maximum absolute atomic E-state index is 13.2. The number of hydrogen-bond donors (Lipinski definition) is 1. The van der Waals surface area contributed by atoms with Crippen LogP contribution in [-0.4, -0.2) is 18.8 Å². The van der Waals surface area contributed by atoms with Crippen LogP contribution in [0.4, 0.5) is 4.39 Å². The van der Waals surface area contributed by atoms with Crippen LogP contribution in [0, 0.1) is 0 Å². The van der Waals surface area contributed by atoms with E-state index in [0.717, 1.165) is 32.2 Å². The Labute approximate surface area is 67.7 Å². The Hall–Kier alpha value is -0.370. The second kappa shape index (κ2) is 3.86. The van der Waals surface area contributed by atoms with Crippen LogP contribution < -0.4 is 5.32 Å². The zero-order valence-corrected chi connectivity index (χ0v) is 6.91. The van der Waals surface area contributed by atoms with Gasteiger partial charge in [-0.2, -0.15) is 0 Å². The molecular weight excluding hydrogens is 141 g/mol. The first-order valence-electron chi connectivity index (χ1n) is 4.27. The molecule has 1 fully saturated rings. The van der Waals surface area contributed by atoms with E-state index in [1.807, 2.05) is 6.08 Å². The van der Waals surface area contributed by atoms with Crippen molar-refractivity contribution in [3.05, 3.63) is 12.7 Å². The molecule has 11 heavy (non-hydrogen) atoms. The van der Waals surface area contributed by atoms with Gasteiger partial charge in [0.05, 0.1) is 0 Å². The molecule has 2 heteroatoms. The lowest BCUT2D eigenvalue weighted by Crippen LogP contribution is -2.42. The Morgan fingerprint density at radius 3 is 2.73 bits per heavy atom. The van der Waals surface area contributed by atoms with E-state index in [-0.39, 0.29) is 0 Å². The van der Waals surface area contributed by atoms with Crippen LogP contribution in [0.25, 0.3) is 0 Å². The fourth-order valence-electron chi connectivity index (χ4n) is 1.25. The first kappa shape index (κ1) is 8.72. The second-order valence-electron chi connectivity index (χ2n) is 3.26. The molecule has 0 aromatic rings. The maximum atomic E-state index is 13.2. The predicted octanol–water partition coefficient (Wildman–Crippen LogP) is 2.04. The van der Waals surface area contributed by atoms with E-state index in [2.05, 4.69) is 11.9 Å². The van der Waals surface area contributed by atoms with Crippen molar-refractivity contribution in [1.82, 2.24) is 5.32 Å². The molecule has 1 aliphatic rings. The van der Waals surface area contributed by atoms with Crippen molar-refractivity contribution in [2.45, 2.75) is 31.4 Å². The summed E-state index contributed by atoms with van der Waals surface area (Å²) < 4.78 is 13.2. The van der Waals surface area contributed by atoms with Gasteiger partial charge in [-0.1, -0.05) is 6.08 Å². The van der Waals surface area contributed by atoms with Crippen molar-refractivity contribution in [2.24, 2.45) is 0 Å². The highest BCUT2D eigenvalue weighted by Crippen LogP contribution is 2.34. The molecule has 0 spiro atoms. The fraction of sp³-hybridized carbons (Fsp3) is 0.778. The molecule has 0 aromatic carbocycles. The molecule has 0 saturated heterocycles. The molecule has 0 radical (unpaired) electrons.